The van der Waals surface area contributed by atoms with Crippen molar-refractivity contribution < 1.29 is 4.74 Å². The standard InChI is InChI=1S/C13H14BrN3O/c1-2-7-18-13(8-12-9-15-17-16-12)10-3-5-11(14)6-4-10/h2-6,9,13H,1,7-8H2,(H,15,16,17). The summed E-state index contributed by atoms with van der Waals surface area (Å²) in [5.41, 5.74) is 2.00. The molecule has 0 radical (unpaired) electrons. The van der Waals surface area contributed by atoms with Gasteiger partial charge in [-0.1, -0.05) is 39.4 Å². The van der Waals surface area contributed by atoms with Gasteiger partial charge in [0, 0.05) is 17.1 Å². The summed E-state index contributed by atoms with van der Waals surface area (Å²) in [6.45, 7) is 4.18. The minimum atomic E-state index is -0.0406. The number of hydrogen-bond donors (Lipinski definition) is 1. The number of aromatic nitrogens is 3. The van der Waals surface area contributed by atoms with E-state index in [4.69, 9.17) is 4.74 Å². The molecule has 1 aromatic heterocycles. The summed E-state index contributed by atoms with van der Waals surface area (Å²) >= 11 is 3.42. The van der Waals surface area contributed by atoms with Gasteiger partial charge in [-0.3, -0.25) is 5.10 Å². The molecule has 2 aromatic rings. The molecule has 0 amide bonds. The number of hydrogen-bond acceptors (Lipinski definition) is 3. The summed E-state index contributed by atoms with van der Waals surface area (Å²) in [6.07, 6.45) is 4.17. The Bertz CT molecular complexity index is 481. The molecule has 1 atom stereocenters. The number of nitrogens with one attached hydrogen (secondary N) is 1. The topological polar surface area (TPSA) is 50.8 Å². The van der Waals surface area contributed by atoms with Crippen LogP contribution in [0.2, 0.25) is 0 Å². The van der Waals surface area contributed by atoms with Crippen molar-refractivity contribution in [3.8, 4) is 0 Å². The summed E-state index contributed by atoms with van der Waals surface area (Å²) in [4.78, 5) is 0. The Morgan fingerprint density at radius 2 is 2.17 bits per heavy atom. The zero-order valence-electron chi connectivity index (χ0n) is 9.84. The number of aromatic amines is 1. The van der Waals surface area contributed by atoms with Crippen LogP contribution in [-0.2, 0) is 11.2 Å². The van der Waals surface area contributed by atoms with E-state index in [9.17, 15) is 0 Å². The van der Waals surface area contributed by atoms with Crippen LogP contribution in [0.3, 0.4) is 0 Å². The van der Waals surface area contributed by atoms with Crippen LogP contribution in [0.1, 0.15) is 17.4 Å². The monoisotopic (exact) mass is 307 g/mol. The molecular formula is C13H14BrN3O. The molecule has 0 bridgehead atoms. The zero-order chi connectivity index (χ0) is 12.8. The average Bonchev–Trinajstić information content (AvgIpc) is 2.88. The Labute approximate surface area is 114 Å². The first kappa shape index (κ1) is 13.0. The molecule has 0 saturated heterocycles. The predicted molar refractivity (Wildman–Crippen MR) is 73.1 cm³/mol. The predicted octanol–water partition coefficient (Wildman–Crippen LogP) is 3.05. The fraction of sp³-hybridized carbons (Fsp3) is 0.231. The highest BCUT2D eigenvalue weighted by Gasteiger charge is 2.14. The van der Waals surface area contributed by atoms with E-state index < -0.39 is 0 Å². The number of nitrogens with zero attached hydrogens (tertiary/aromatic N) is 2. The molecule has 0 saturated carbocycles. The second kappa shape index (κ2) is 6.47. The second-order valence-electron chi connectivity index (χ2n) is 3.83. The highest BCUT2D eigenvalue weighted by Crippen LogP contribution is 2.23. The molecule has 0 spiro atoms. The van der Waals surface area contributed by atoms with Crippen LogP contribution in [0.5, 0.6) is 0 Å². The van der Waals surface area contributed by atoms with Crippen LogP contribution in [0.4, 0.5) is 0 Å². The number of rotatable bonds is 6. The summed E-state index contributed by atoms with van der Waals surface area (Å²) in [7, 11) is 0. The molecule has 1 aromatic carbocycles. The van der Waals surface area contributed by atoms with Crippen LogP contribution < -0.4 is 0 Å². The van der Waals surface area contributed by atoms with Crippen LogP contribution >= 0.6 is 15.9 Å². The van der Waals surface area contributed by atoms with Gasteiger partial charge in [-0.2, -0.15) is 0 Å². The normalized spacial score (nSPS) is 12.3. The summed E-state index contributed by atoms with van der Waals surface area (Å²) in [5.74, 6) is 0. The zero-order valence-corrected chi connectivity index (χ0v) is 11.4. The van der Waals surface area contributed by atoms with E-state index in [1.54, 1.807) is 12.3 Å². The first-order valence-electron chi connectivity index (χ1n) is 5.63. The summed E-state index contributed by atoms with van der Waals surface area (Å²) in [5, 5.41) is 10.4. The van der Waals surface area contributed by atoms with Gasteiger partial charge in [0.15, 0.2) is 0 Å². The molecule has 1 heterocycles. The van der Waals surface area contributed by atoms with Crippen molar-refractivity contribution in [2.45, 2.75) is 12.5 Å². The maximum Gasteiger partial charge on any atom is 0.0885 e. The maximum absolute atomic E-state index is 5.78. The van der Waals surface area contributed by atoms with Crippen molar-refractivity contribution in [2.75, 3.05) is 6.61 Å². The third-order valence-electron chi connectivity index (χ3n) is 2.52. The molecule has 94 valence electrons. The Morgan fingerprint density at radius 1 is 1.39 bits per heavy atom. The number of H-pyrrole nitrogens is 1. The minimum absolute atomic E-state index is 0.0406. The van der Waals surface area contributed by atoms with Gasteiger partial charge in [0.05, 0.1) is 18.4 Å². The molecule has 0 aliphatic rings. The van der Waals surface area contributed by atoms with Gasteiger partial charge in [-0.05, 0) is 17.7 Å². The van der Waals surface area contributed by atoms with Crippen LogP contribution in [0, 0.1) is 0 Å². The van der Waals surface area contributed by atoms with Crippen LogP contribution in [-0.4, -0.2) is 22.0 Å². The molecule has 18 heavy (non-hydrogen) atoms. The van der Waals surface area contributed by atoms with Gasteiger partial charge in [0.25, 0.3) is 0 Å². The molecule has 1 unspecified atom stereocenters. The van der Waals surface area contributed by atoms with Gasteiger partial charge in [0.1, 0.15) is 0 Å². The van der Waals surface area contributed by atoms with E-state index in [0.29, 0.717) is 13.0 Å². The van der Waals surface area contributed by atoms with Crippen molar-refractivity contribution in [3.05, 3.63) is 58.8 Å². The van der Waals surface area contributed by atoms with Crippen molar-refractivity contribution in [3.63, 3.8) is 0 Å². The first-order valence-corrected chi connectivity index (χ1v) is 6.42. The first-order chi connectivity index (χ1) is 8.79. The lowest BCUT2D eigenvalue weighted by Gasteiger charge is -2.16. The molecule has 2 rings (SSSR count). The Morgan fingerprint density at radius 3 is 2.78 bits per heavy atom. The second-order valence-corrected chi connectivity index (χ2v) is 4.75. The summed E-state index contributed by atoms with van der Waals surface area (Å²) in [6, 6.07) is 8.08. The summed E-state index contributed by atoms with van der Waals surface area (Å²) < 4.78 is 6.83. The number of halogens is 1. The van der Waals surface area contributed by atoms with Gasteiger partial charge >= 0.3 is 0 Å². The number of ether oxygens (including phenoxy) is 1. The molecule has 0 fully saturated rings. The fourth-order valence-corrected chi connectivity index (χ4v) is 1.91. The Kier molecular flexibility index (Phi) is 4.66. The molecule has 0 aliphatic carbocycles. The SMILES string of the molecule is C=CCOC(Cc1c[nH]nn1)c1ccc(Br)cc1. The molecule has 4 nitrogen and oxygen atoms in total. The Balaban J connectivity index is 2.13. The van der Waals surface area contributed by atoms with E-state index in [-0.39, 0.29) is 6.10 Å². The van der Waals surface area contributed by atoms with Crippen LogP contribution in [0.25, 0.3) is 0 Å². The lowest BCUT2D eigenvalue weighted by atomic mass is 10.1. The van der Waals surface area contributed by atoms with E-state index in [1.165, 1.54) is 0 Å². The highest BCUT2D eigenvalue weighted by atomic mass is 79.9. The fourth-order valence-electron chi connectivity index (χ4n) is 1.65. The van der Waals surface area contributed by atoms with Crippen molar-refractivity contribution in [1.29, 1.82) is 0 Å². The molecule has 1 N–H and O–H groups in total. The maximum atomic E-state index is 5.78. The van der Waals surface area contributed by atoms with Gasteiger partial charge in [-0.25, -0.2) is 0 Å². The lowest BCUT2D eigenvalue weighted by Crippen LogP contribution is -2.08. The van der Waals surface area contributed by atoms with Gasteiger partial charge in [-0.15, -0.1) is 11.7 Å². The van der Waals surface area contributed by atoms with Crippen LogP contribution in [0.15, 0.2) is 47.6 Å². The smallest absolute Gasteiger partial charge is 0.0885 e. The minimum Gasteiger partial charge on any atom is -0.369 e. The molecular weight excluding hydrogens is 294 g/mol. The largest absolute Gasteiger partial charge is 0.369 e. The van der Waals surface area contributed by atoms with E-state index in [2.05, 4.69) is 37.9 Å². The number of benzene rings is 1. The lowest BCUT2D eigenvalue weighted by molar-refractivity contribution is 0.0738. The van der Waals surface area contributed by atoms with E-state index in [1.807, 2.05) is 24.3 Å². The quantitative estimate of drug-likeness (QED) is 0.835. The van der Waals surface area contributed by atoms with E-state index in [0.717, 1.165) is 15.7 Å². The Hall–Kier alpha value is -1.46. The third kappa shape index (κ3) is 3.51. The van der Waals surface area contributed by atoms with Gasteiger partial charge < -0.3 is 4.74 Å². The van der Waals surface area contributed by atoms with E-state index >= 15 is 0 Å². The van der Waals surface area contributed by atoms with Crippen molar-refractivity contribution in [1.82, 2.24) is 15.4 Å². The highest BCUT2D eigenvalue weighted by molar-refractivity contribution is 9.10. The molecule has 5 heteroatoms. The van der Waals surface area contributed by atoms with Crippen molar-refractivity contribution >= 4 is 15.9 Å². The van der Waals surface area contributed by atoms with Gasteiger partial charge in [0.2, 0.25) is 0 Å². The van der Waals surface area contributed by atoms with Crippen molar-refractivity contribution in [2.24, 2.45) is 0 Å². The third-order valence-corrected chi connectivity index (χ3v) is 3.05. The molecule has 0 aliphatic heterocycles. The average molecular weight is 308 g/mol.